The van der Waals surface area contributed by atoms with Crippen LogP contribution < -0.4 is 5.32 Å². The molecule has 2 amide bonds. The van der Waals surface area contributed by atoms with Crippen LogP contribution in [0.15, 0.2) is 36.5 Å². The number of hydrogen-bond acceptors (Lipinski definition) is 3. The van der Waals surface area contributed by atoms with E-state index in [-0.39, 0.29) is 11.8 Å². The van der Waals surface area contributed by atoms with Crippen LogP contribution in [0.25, 0.3) is 0 Å². The fourth-order valence-corrected chi connectivity index (χ4v) is 4.21. The van der Waals surface area contributed by atoms with Crippen molar-refractivity contribution in [3.8, 4) is 0 Å². The molecule has 6 heteroatoms. The van der Waals surface area contributed by atoms with E-state index in [2.05, 4.69) is 38.5 Å². The lowest BCUT2D eigenvalue weighted by Gasteiger charge is -2.39. The summed E-state index contributed by atoms with van der Waals surface area (Å²) in [5.41, 5.74) is 2.54. The van der Waals surface area contributed by atoms with Crippen LogP contribution in [-0.4, -0.2) is 44.2 Å². The van der Waals surface area contributed by atoms with Crippen LogP contribution in [0, 0.1) is 0 Å². The van der Waals surface area contributed by atoms with Gasteiger partial charge in [-0.3, -0.25) is 9.59 Å². The maximum absolute atomic E-state index is 12.5. The van der Waals surface area contributed by atoms with E-state index in [1.807, 2.05) is 31.2 Å². The Morgan fingerprint density at radius 3 is 2.50 bits per heavy atom. The minimum Gasteiger partial charge on any atom is -0.385 e. The van der Waals surface area contributed by atoms with Crippen molar-refractivity contribution < 1.29 is 14.3 Å². The molecule has 0 bridgehead atoms. The molecule has 154 valence electrons. The molecule has 2 heterocycles. The number of rotatable bonds is 4. The number of benzene rings is 1. The van der Waals surface area contributed by atoms with E-state index >= 15 is 0 Å². The molecule has 1 aromatic rings. The van der Waals surface area contributed by atoms with E-state index in [0.717, 1.165) is 16.9 Å². The summed E-state index contributed by atoms with van der Waals surface area (Å²) in [7, 11) is 0.798. The predicted molar refractivity (Wildman–Crippen MR) is 117 cm³/mol. The van der Waals surface area contributed by atoms with Crippen LogP contribution in [0.3, 0.4) is 0 Å². The number of methoxy groups -OCH3 is 1. The molecule has 5 nitrogen and oxygen atoms in total. The number of nitrogens with zero attached hydrogens (tertiary/aromatic N) is 1. The minimum atomic E-state index is -0.983. The molecule has 0 radical (unpaired) electrons. The number of anilines is 1. The molecule has 2 atom stereocenters. The summed E-state index contributed by atoms with van der Waals surface area (Å²) in [6, 6.07) is 7.75. The zero-order chi connectivity index (χ0) is 21.1. The van der Waals surface area contributed by atoms with Gasteiger partial charge < -0.3 is 15.0 Å². The lowest BCUT2D eigenvalue weighted by atomic mass is 9.74. The van der Waals surface area contributed by atoms with E-state index in [4.69, 9.17) is 4.74 Å². The van der Waals surface area contributed by atoms with Gasteiger partial charge in [0.1, 0.15) is 0 Å². The van der Waals surface area contributed by atoms with Gasteiger partial charge in [0.05, 0.1) is 13.5 Å². The molecule has 1 aromatic carbocycles. The van der Waals surface area contributed by atoms with E-state index in [1.165, 1.54) is 0 Å². The van der Waals surface area contributed by atoms with E-state index in [9.17, 15) is 9.59 Å². The van der Waals surface area contributed by atoms with E-state index in [1.54, 1.807) is 12.0 Å². The Hall–Kier alpha value is -1.92. The van der Waals surface area contributed by atoms with Gasteiger partial charge in [-0.25, -0.2) is 0 Å². The molecule has 28 heavy (non-hydrogen) atoms. The zero-order valence-corrected chi connectivity index (χ0v) is 19.1. The van der Waals surface area contributed by atoms with Crippen LogP contribution in [0.2, 0.25) is 19.6 Å². The smallest absolute Gasteiger partial charge is 0.236 e. The fourth-order valence-electron chi connectivity index (χ4n) is 3.50. The van der Waals surface area contributed by atoms with Gasteiger partial charge in [-0.1, -0.05) is 51.3 Å². The van der Waals surface area contributed by atoms with Crippen molar-refractivity contribution in [1.29, 1.82) is 0 Å². The number of carbonyl (C=O) groups is 2. The number of amides is 2. The topological polar surface area (TPSA) is 58.6 Å². The van der Waals surface area contributed by atoms with Crippen molar-refractivity contribution in [2.75, 3.05) is 19.0 Å². The molecular formula is C22H34N2O3Si. The first kappa shape index (κ1) is 22.4. The molecule has 2 aliphatic rings. The van der Waals surface area contributed by atoms with Crippen LogP contribution >= 0.6 is 0 Å². The van der Waals surface area contributed by atoms with Gasteiger partial charge in [0.2, 0.25) is 11.8 Å². The van der Waals surface area contributed by atoms with Gasteiger partial charge >= 0.3 is 0 Å². The molecule has 0 saturated carbocycles. The molecule has 1 fully saturated rings. The second kappa shape index (κ2) is 8.62. The molecule has 1 N–H and O–H groups in total. The molecule has 2 unspecified atom stereocenters. The molecule has 0 aliphatic carbocycles. The Labute approximate surface area is 170 Å². The van der Waals surface area contributed by atoms with Crippen molar-refractivity contribution in [3.05, 3.63) is 42.1 Å². The molecule has 0 aromatic heterocycles. The van der Waals surface area contributed by atoms with Crippen molar-refractivity contribution >= 4 is 25.6 Å². The first-order valence-electron chi connectivity index (χ1n) is 9.98. The summed E-state index contributed by atoms with van der Waals surface area (Å²) in [5, 5.41) is 2.94. The normalized spacial score (nSPS) is 22.3. The summed E-state index contributed by atoms with van der Waals surface area (Å²) in [4.78, 5) is 26.3. The molecule has 1 saturated heterocycles. The van der Waals surface area contributed by atoms with Gasteiger partial charge in [-0.15, -0.1) is 0 Å². The Morgan fingerprint density at radius 1 is 1.32 bits per heavy atom. The number of likely N-dealkylation sites (tertiary alicyclic amines) is 1. The van der Waals surface area contributed by atoms with Crippen LogP contribution in [-0.2, 0) is 19.7 Å². The number of allylic oxidation sites excluding steroid dienone is 1. The van der Waals surface area contributed by atoms with Crippen LogP contribution in [0.5, 0.6) is 0 Å². The second-order valence-electron chi connectivity index (χ2n) is 8.73. The van der Waals surface area contributed by atoms with E-state index < -0.39 is 13.5 Å². The van der Waals surface area contributed by atoms with Crippen LogP contribution in [0.4, 0.5) is 5.69 Å². The SMILES string of the molecule is C=C(CC)N1CC2(CCC1=O)C(=O)Nc1ccccc12.COC(C)[Si](C)(C)C. The maximum Gasteiger partial charge on any atom is 0.236 e. The number of fused-ring (bicyclic) bond motifs is 2. The Kier molecular flexibility index (Phi) is 6.88. The third-order valence-corrected chi connectivity index (χ3v) is 8.66. The largest absolute Gasteiger partial charge is 0.385 e. The van der Waals surface area contributed by atoms with Crippen molar-refractivity contribution in [1.82, 2.24) is 4.90 Å². The summed E-state index contributed by atoms with van der Waals surface area (Å²) < 4.78 is 5.18. The summed E-state index contributed by atoms with van der Waals surface area (Å²) >= 11 is 0. The Balaban J connectivity index is 0.000000300. The highest BCUT2D eigenvalue weighted by Crippen LogP contribution is 2.44. The first-order valence-corrected chi connectivity index (χ1v) is 13.6. The van der Waals surface area contributed by atoms with Gasteiger partial charge in [0.15, 0.2) is 0 Å². The van der Waals surface area contributed by atoms with Crippen molar-refractivity contribution in [2.24, 2.45) is 0 Å². The molecular weight excluding hydrogens is 368 g/mol. The Morgan fingerprint density at radius 2 is 1.96 bits per heavy atom. The quantitative estimate of drug-likeness (QED) is 0.763. The number of carbonyl (C=O) groups excluding carboxylic acids is 2. The van der Waals surface area contributed by atoms with Gasteiger partial charge in [0, 0.05) is 37.2 Å². The first-order chi connectivity index (χ1) is 13.1. The molecule has 2 aliphatic heterocycles. The highest BCUT2D eigenvalue weighted by molar-refractivity contribution is 6.77. The molecule has 3 rings (SSSR count). The minimum absolute atomic E-state index is 0.0000954. The number of nitrogens with one attached hydrogen (secondary N) is 1. The third-order valence-electron chi connectivity index (χ3n) is 5.98. The van der Waals surface area contributed by atoms with Gasteiger partial charge in [-0.05, 0) is 31.4 Å². The summed E-state index contributed by atoms with van der Waals surface area (Å²) in [5.74, 6) is 0.0692. The van der Waals surface area contributed by atoms with E-state index in [0.29, 0.717) is 31.5 Å². The highest BCUT2D eigenvalue weighted by Gasteiger charge is 2.51. The highest BCUT2D eigenvalue weighted by atomic mass is 28.3. The second-order valence-corrected chi connectivity index (χ2v) is 14.3. The number of piperidine rings is 1. The summed E-state index contributed by atoms with van der Waals surface area (Å²) in [6.07, 6.45) is 1.67. The number of para-hydroxylation sites is 1. The van der Waals surface area contributed by atoms with Crippen molar-refractivity contribution in [3.63, 3.8) is 0 Å². The van der Waals surface area contributed by atoms with Gasteiger partial charge in [-0.2, -0.15) is 0 Å². The van der Waals surface area contributed by atoms with Gasteiger partial charge in [0.25, 0.3) is 0 Å². The average Bonchev–Trinajstić information content (AvgIpc) is 2.93. The standard InChI is InChI=1S/C16H18N2O2.C6H16OSi/c1-3-11(2)18-10-16(9-8-14(18)19)12-6-4-5-7-13(12)17-15(16)20;1-6(7-2)8(3,4)5/h4-7H,2-3,8-10H2,1H3,(H,17,20);6H,1-5H3. The molecule has 1 spiro atoms. The number of hydrogen-bond donors (Lipinski definition) is 1. The Bertz CT molecular complexity index is 748. The lowest BCUT2D eigenvalue weighted by molar-refractivity contribution is -0.136. The zero-order valence-electron chi connectivity index (χ0n) is 18.1. The average molecular weight is 403 g/mol. The van der Waals surface area contributed by atoms with Crippen LogP contribution in [0.1, 0.15) is 38.7 Å². The van der Waals surface area contributed by atoms with Crippen molar-refractivity contribution in [2.45, 2.75) is 63.9 Å². The number of ether oxygens (including phenoxy) is 1. The maximum atomic E-state index is 12.5. The fraction of sp³-hybridized carbons (Fsp3) is 0.545. The monoisotopic (exact) mass is 402 g/mol. The third kappa shape index (κ3) is 4.38. The lowest BCUT2D eigenvalue weighted by Crippen LogP contribution is -2.51. The summed E-state index contributed by atoms with van der Waals surface area (Å²) in [6.45, 7) is 15.4. The predicted octanol–water partition coefficient (Wildman–Crippen LogP) is 4.32.